The molecule has 1 aliphatic carbocycles. The average Bonchev–Trinajstić information content (AvgIpc) is 3.51. The lowest BCUT2D eigenvalue weighted by molar-refractivity contribution is -0.121. The third-order valence-corrected chi connectivity index (χ3v) is 6.42. The molecule has 2 aromatic carbocycles. The van der Waals surface area contributed by atoms with Gasteiger partial charge in [-0.2, -0.15) is 0 Å². The van der Waals surface area contributed by atoms with Gasteiger partial charge in [-0.3, -0.25) is 14.6 Å². The molecular weight excluding hydrogens is 428 g/mol. The third-order valence-electron chi connectivity index (χ3n) is 6.42. The smallest absolute Gasteiger partial charge is 0.253 e. The molecule has 1 aliphatic rings. The molecule has 2 aromatic heterocycles. The van der Waals surface area contributed by atoms with E-state index in [1.165, 1.54) is 0 Å². The van der Waals surface area contributed by atoms with Crippen LogP contribution < -0.4 is 5.32 Å². The van der Waals surface area contributed by atoms with Crippen LogP contribution >= 0.6 is 0 Å². The number of amides is 2. The summed E-state index contributed by atoms with van der Waals surface area (Å²) in [5.74, 6) is 0.508. The number of benzene rings is 2. The van der Waals surface area contributed by atoms with Gasteiger partial charge in [0.05, 0.1) is 6.42 Å². The summed E-state index contributed by atoms with van der Waals surface area (Å²) < 4.78 is 5.82. The topological polar surface area (TPSA) is 88.3 Å². The highest BCUT2D eigenvalue weighted by atomic mass is 16.3. The maximum atomic E-state index is 13.1. The van der Waals surface area contributed by atoms with Crippen LogP contribution in [0.2, 0.25) is 0 Å². The molecule has 2 atom stereocenters. The molecule has 0 saturated heterocycles. The Morgan fingerprint density at radius 2 is 1.79 bits per heavy atom. The highest BCUT2D eigenvalue weighted by Crippen LogP contribution is 2.27. The molecular formula is C27H26N4O3. The van der Waals surface area contributed by atoms with E-state index in [9.17, 15) is 9.59 Å². The number of carbonyl (C=O) groups excluding carboxylic acids is 2. The van der Waals surface area contributed by atoms with Crippen LogP contribution in [0.4, 0.5) is 0 Å². The SMILES string of the molecule is CN(C(=O)c1ccc(-c2nc3ccccc3o2)cc1)C1CCC(NC(=O)Cc2ccncc2)C1. The quantitative estimate of drug-likeness (QED) is 0.471. The molecule has 172 valence electrons. The molecule has 0 aliphatic heterocycles. The second-order valence-electron chi connectivity index (χ2n) is 8.74. The molecule has 7 heteroatoms. The van der Waals surface area contributed by atoms with E-state index >= 15 is 0 Å². The van der Waals surface area contributed by atoms with Crippen molar-refractivity contribution >= 4 is 22.9 Å². The Bertz CT molecular complexity index is 1270. The van der Waals surface area contributed by atoms with Gasteiger partial charge in [0.25, 0.3) is 5.91 Å². The van der Waals surface area contributed by atoms with Gasteiger partial charge in [0.15, 0.2) is 5.58 Å². The largest absolute Gasteiger partial charge is 0.436 e. The Labute approximate surface area is 197 Å². The van der Waals surface area contributed by atoms with Crippen molar-refractivity contribution < 1.29 is 14.0 Å². The normalized spacial score (nSPS) is 17.6. The lowest BCUT2D eigenvalue weighted by Crippen LogP contribution is -2.38. The molecule has 0 spiro atoms. The lowest BCUT2D eigenvalue weighted by Gasteiger charge is -2.25. The standard InChI is InChI=1S/C27H26N4O3/c1-31(22-11-10-21(17-22)29-25(32)16-18-12-14-28-15-13-18)27(33)20-8-6-19(7-9-20)26-30-23-4-2-3-5-24(23)34-26/h2-9,12-15,21-22H,10-11,16-17H2,1H3,(H,29,32). The summed E-state index contributed by atoms with van der Waals surface area (Å²) in [6.07, 6.45) is 6.20. The van der Waals surface area contributed by atoms with Gasteiger partial charge in [-0.05, 0) is 73.4 Å². The number of carbonyl (C=O) groups is 2. The summed E-state index contributed by atoms with van der Waals surface area (Å²) in [7, 11) is 1.84. The molecule has 34 heavy (non-hydrogen) atoms. The number of nitrogens with zero attached hydrogens (tertiary/aromatic N) is 3. The molecule has 2 unspecified atom stereocenters. The van der Waals surface area contributed by atoms with E-state index < -0.39 is 0 Å². The van der Waals surface area contributed by atoms with E-state index in [1.54, 1.807) is 17.3 Å². The first kappa shape index (κ1) is 21.8. The van der Waals surface area contributed by atoms with Crippen molar-refractivity contribution in [2.45, 2.75) is 37.8 Å². The zero-order valence-corrected chi connectivity index (χ0v) is 19.0. The Morgan fingerprint density at radius 3 is 2.56 bits per heavy atom. The first-order chi connectivity index (χ1) is 16.6. The summed E-state index contributed by atoms with van der Waals surface area (Å²) in [4.78, 5) is 35.8. The monoisotopic (exact) mass is 454 g/mol. The molecule has 7 nitrogen and oxygen atoms in total. The van der Waals surface area contributed by atoms with Crippen LogP contribution in [0.15, 0.2) is 77.5 Å². The van der Waals surface area contributed by atoms with Crippen molar-refractivity contribution in [2.75, 3.05) is 7.05 Å². The Morgan fingerprint density at radius 1 is 1.03 bits per heavy atom. The van der Waals surface area contributed by atoms with Crippen molar-refractivity contribution in [3.05, 3.63) is 84.2 Å². The minimum Gasteiger partial charge on any atom is -0.436 e. The van der Waals surface area contributed by atoms with Gasteiger partial charge in [0, 0.05) is 42.7 Å². The Hall–Kier alpha value is -4.00. The van der Waals surface area contributed by atoms with Crippen molar-refractivity contribution in [1.82, 2.24) is 20.2 Å². The summed E-state index contributed by atoms with van der Waals surface area (Å²) in [5, 5.41) is 3.11. The molecule has 1 fully saturated rings. The van der Waals surface area contributed by atoms with Gasteiger partial charge >= 0.3 is 0 Å². The fraction of sp³-hybridized carbons (Fsp3) is 0.259. The van der Waals surface area contributed by atoms with Crippen LogP contribution in [0.1, 0.15) is 35.2 Å². The van der Waals surface area contributed by atoms with E-state index in [4.69, 9.17) is 4.42 Å². The molecule has 2 heterocycles. The number of hydrogen-bond acceptors (Lipinski definition) is 5. The van der Waals surface area contributed by atoms with Gasteiger partial charge in [-0.1, -0.05) is 12.1 Å². The zero-order chi connectivity index (χ0) is 23.5. The van der Waals surface area contributed by atoms with Crippen molar-refractivity contribution in [3.63, 3.8) is 0 Å². The second kappa shape index (κ2) is 9.47. The molecule has 0 bridgehead atoms. The number of rotatable bonds is 6. The highest BCUT2D eigenvalue weighted by Gasteiger charge is 2.31. The Balaban J connectivity index is 1.18. The van der Waals surface area contributed by atoms with Crippen LogP contribution in [-0.4, -0.2) is 45.8 Å². The van der Waals surface area contributed by atoms with Crippen LogP contribution in [-0.2, 0) is 11.2 Å². The van der Waals surface area contributed by atoms with Crippen molar-refractivity contribution in [3.8, 4) is 11.5 Å². The summed E-state index contributed by atoms with van der Waals surface area (Å²) in [5.41, 5.74) is 3.93. The molecule has 1 saturated carbocycles. The lowest BCUT2D eigenvalue weighted by atomic mass is 10.1. The maximum absolute atomic E-state index is 13.1. The third kappa shape index (κ3) is 4.69. The summed E-state index contributed by atoms with van der Waals surface area (Å²) in [6, 6.07) is 18.8. The molecule has 2 amide bonds. The second-order valence-corrected chi connectivity index (χ2v) is 8.74. The molecule has 5 rings (SSSR count). The van der Waals surface area contributed by atoms with Gasteiger partial charge in [0.1, 0.15) is 5.52 Å². The molecule has 4 aromatic rings. The van der Waals surface area contributed by atoms with Crippen LogP contribution in [0, 0.1) is 0 Å². The fourth-order valence-corrected chi connectivity index (χ4v) is 4.53. The molecule has 0 radical (unpaired) electrons. The van der Waals surface area contributed by atoms with Crippen LogP contribution in [0.25, 0.3) is 22.6 Å². The van der Waals surface area contributed by atoms with E-state index in [0.717, 1.165) is 41.5 Å². The number of oxazole rings is 1. The number of pyridine rings is 1. The highest BCUT2D eigenvalue weighted by molar-refractivity contribution is 5.94. The predicted octanol–water partition coefficient (Wildman–Crippen LogP) is 4.24. The first-order valence-corrected chi connectivity index (χ1v) is 11.5. The average molecular weight is 455 g/mol. The maximum Gasteiger partial charge on any atom is 0.253 e. The van der Waals surface area contributed by atoms with Gasteiger partial charge in [-0.15, -0.1) is 0 Å². The van der Waals surface area contributed by atoms with Gasteiger partial charge < -0.3 is 14.6 Å². The van der Waals surface area contributed by atoms with Crippen LogP contribution in [0.3, 0.4) is 0 Å². The molecule has 1 N–H and O–H groups in total. The van der Waals surface area contributed by atoms with E-state index in [-0.39, 0.29) is 23.9 Å². The minimum atomic E-state index is -0.0297. The number of aromatic nitrogens is 2. The Kier molecular flexibility index (Phi) is 6.08. The summed E-state index contributed by atoms with van der Waals surface area (Å²) >= 11 is 0. The predicted molar refractivity (Wildman–Crippen MR) is 129 cm³/mol. The van der Waals surface area contributed by atoms with Gasteiger partial charge in [-0.25, -0.2) is 4.98 Å². The minimum absolute atomic E-state index is 0.000569. The first-order valence-electron chi connectivity index (χ1n) is 11.5. The number of hydrogen-bond donors (Lipinski definition) is 1. The zero-order valence-electron chi connectivity index (χ0n) is 19.0. The van der Waals surface area contributed by atoms with E-state index in [2.05, 4.69) is 15.3 Å². The van der Waals surface area contributed by atoms with E-state index in [1.807, 2.05) is 67.7 Å². The van der Waals surface area contributed by atoms with Crippen molar-refractivity contribution in [1.29, 1.82) is 0 Å². The number of para-hydroxylation sites is 2. The fourth-order valence-electron chi connectivity index (χ4n) is 4.53. The van der Waals surface area contributed by atoms with Crippen LogP contribution in [0.5, 0.6) is 0 Å². The summed E-state index contributed by atoms with van der Waals surface area (Å²) in [6.45, 7) is 0. The number of fused-ring (bicyclic) bond motifs is 1. The number of nitrogens with one attached hydrogen (secondary N) is 1. The van der Waals surface area contributed by atoms with Crippen molar-refractivity contribution in [2.24, 2.45) is 0 Å². The van der Waals surface area contributed by atoms with E-state index in [0.29, 0.717) is 17.9 Å². The van der Waals surface area contributed by atoms with Gasteiger partial charge in [0.2, 0.25) is 11.8 Å².